The van der Waals surface area contributed by atoms with Crippen LogP contribution < -0.4 is 5.73 Å². The Labute approximate surface area is 103 Å². The summed E-state index contributed by atoms with van der Waals surface area (Å²) in [6.07, 6.45) is 2.27. The maximum absolute atomic E-state index is 8.78. The average molecular weight is 248 g/mol. The van der Waals surface area contributed by atoms with Gasteiger partial charge in [-0.25, -0.2) is 9.97 Å². The average Bonchev–Trinajstić information content (AvgIpc) is 2.94. The van der Waals surface area contributed by atoms with Gasteiger partial charge in [0.15, 0.2) is 11.6 Å². The van der Waals surface area contributed by atoms with Crippen molar-refractivity contribution in [1.29, 1.82) is 5.26 Å². The molecule has 0 fully saturated rings. The van der Waals surface area contributed by atoms with Gasteiger partial charge in [0, 0.05) is 6.42 Å². The van der Waals surface area contributed by atoms with Crippen molar-refractivity contribution < 1.29 is 0 Å². The third-order valence-electron chi connectivity index (χ3n) is 2.18. The Morgan fingerprint density at radius 2 is 2.41 bits per heavy atom. The molecule has 0 aromatic carbocycles. The van der Waals surface area contributed by atoms with E-state index in [4.69, 9.17) is 11.0 Å². The molecule has 0 aliphatic rings. The van der Waals surface area contributed by atoms with E-state index in [0.717, 1.165) is 12.2 Å². The highest BCUT2D eigenvalue weighted by molar-refractivity contribution is 7.14. The normalized spacial score (nSPS) is 12.4. The first-order valence-corrected chi connectivity index (χ1v) is 6.05. The van der Waals surface area contributed by atoms with Gasteiger partial charge >= 0.3 is 0 Å². The van der Waals surface area contributed by atoms with E-state index >= 15 is 0 Å². The van der Waals surface area contributed by atoms with Crippen LogP contribution >= 0.6 is 11.3 Å². The fourth-order valence-electron chi connectivity index (χ4n) is 1.37. The van der Waals surface area contributed by atoms with E-state index in [1.807, 2.05) is 19.9 Å². The van der Waals surface area contributed by atoms with Crippen LogP contribution in [0.3, 0.4) is 0 Å². The van der Waals surface area contributed by atoms with Gasteiger partial charge in [-0.1, -0.05) is 18.3 Å². The summed E-state index contributed by atoms with van der Waals surface area (Å²) < 4.78 is 1.62. The second-order valence-corrected chi connectivity index (χ2v) is 4.57. The van der Waals surface area contributed by atoms with Crippen molar-refractivity contribution in [2.24, 2.45) is 5.73 Å². The molecule has 7 heteroatoms. The number of rotatable bonds is 3. The number of aromatic nitrogens is 4. The summed E-state index contributed by atoms with van der Waals surface area (Å²) in [4.78, 5) is 9.04. The summed E-state index contributed by atoms with van der Waals surface area (Å²) in [7, 11) is 0. The molecule has 0 saturated heterocycles. The Bertz CT molecular complexity index is 562. The Morgan fingerprint density at radius 3 is 2.94 bits per heavy atom. The number of aryl methyl sites for hydroxylation is 1. The van der Waals surface area contributed by atoms with Gasteiger partial charge in [-0.15, -0.1) is 5.10 Å². The Hall–Kier alpha value is -1.78. The zero-order chi connectivity index (χ0) is 12.4. The van der Waals surface area contributed by atoms with Crippen molar-refractivity contribution in [3.8, 4) is 11.2 Å². The molecule has 88 valence electrons. The zero-order valence-corrected chi connectivity index (χ0v) is 10.4. The summed E-state index contributed by atoms with van der Waals surface area (Å²) in [5.74, 6) is 1.40. The molecule has 2 heterocycles. The van der Waals surface area contributed by atoms with Crippen molar-refractivity contribution in [1.82, 2.24) is 19.7 Å². The molecule has 0 radical (unpaired) electrons. The molecular weight excluding hydrogens is 236 g/mol. The number of thiazole rings is 1. The van der Waals surface area contributed by atoms with Gasteiger partial charge in [-0.3, -0.25) is 0 Å². The van der Waals surface area contributed by atoms with Crippen LogP contribution in [0.25, 0.3) is 5.13 Å². The largest absolute Gasteiger partial charge is 0.322 e. The van der Waals surface area contributed by atoms with Crippen molar-refractivity contribution in [2.45, 2.75) is 26.3 Å². The van der Waals surface area contributed by atoms with E-state index in [1.165, 1.54) is 17.5 Å². The highest BCUT2D eigenvalue weighted by Crippen LogP contribution is 2.19. The molecule has 0 amide bonds. The van der Waals surface area contributed by atoms with Crippen LogP contribution in [0, 0.1) is 11.3 Å². The molecule has 1 atom stereocenters. The number of hydrogen-bond acceptors (Lipinski definition) is 6. The van der Waals surface area contributed by atoms with Crippen molar-refractivity contribution >= 4 is 11.3 Å². The van der Waals surface area contributed by atoms with Crippen LogP contribution in [-0.2, 0) is 6.42 Å². The smallest absolute Gasteiger partial charge is 0.213 e. The van der Waals surface area contributed by atoms with Crippen LogP contribution in [0.2, 0.25) is 0 Å². The van der Waals surface area contributed by atoms with Gasteiger partial charge in [0.05, 0.1) is 12.2 Å². The quantitative estimate of drug-likeness (QED) is 0.880. The van der Waals surface area contributed by atoms with E-state index in [0.29, 0.717) is 15.8 Å². The summed E-state index contributed by atoms with van der Waals surface area (Å²) in [6, 6.07) is 1.83. The van der Waals surface area contributed by atoms with E-state index in [2.05, 4.69) is 15.1 Å². The molecule has 0 spiro atoms. The maximum atomic E-state index is 8.78. The fraction of sp³-hybridized carbons (Fsp3) is 0.400. The lowest BCUT2D eigenvalue weighted by Crippen LogP contribution is -2.13. The minimum atomic E-state index is -0.225. The van der Waals surface area contributed by atoms with Crippen molar-refractivity contribution in [3.63, 3.8) is 0 Å². The molecule has 2 rings (SSSR count). The summed E-state index contributed by atoms with van der Waals surface area (Å²) in [5.41, 5.74) is 5.85. The predicted molar refractivity (Wildman–Crippen MR) is 63.7 cm³/mol. The van der Waals surface area contributed by atoms with Crippen molar-refractivity contribution in [2.75, 3.05) is 0 Å². The van der Waals surface area contributed by atoms with E-state index in [-0.39, 0.29) is 6.04 Å². The second-order valence-electron chi connectivity index (χ2n) is 3.56. The highest BCUT2D eigenvalue weighted by atomic mass is 32.1. The van der Waals surface area contributed by atoms with Gasteiger partial charge in [0.25, 0.3) is 0 Å². The Kier molecular flexibility index (Phi) is 3.17. The molecule has 6 nitrogen and oxygen atoms in total. The SMILES string of the molecule is CCc1nc(C(C)N)n(-c2ncc(C#N)s2)n1. The summed E-state index contributed by atoms with van der Waals surface area (Å²) in [6.45, 7) is 3.83. The standard InChI is InChI=1S/C10H12N6S/c1-3-8-14-9(6(2)12)16(15-8)10-13-5-7(4-11)17-10/h5-6H,3,12H2,1-2H3. The monoisotopic (exact) mass is 248 g/mol. The molecule has 2 aromatic heterocycles. The zero-order valence-electron chi connectivity index (χ0n) is 9.58. The van der Waals surface area contributed by atoms with Crippen LogP contribution in [0.4, 0.5) is 0 Å². The lowest BCUT2D eigenvalue weighted by Gasteiger charge is -2.04. The minimum Gasteiger partial charge on any atom is -0.322 e. The van der Waals surface area contributed by atoms with Gasteiger partial charge in [0.1, 0.15) is 10.9 Å². The number of nitrogens with zero attached hydrogens (tertiary/aromatic N) is 5. The lowest BCUT2D eigenvalue weighted by atomic mass is 10.3. The first-order valence-electron chi connectivity index (χ1n) is 5.23. The van der Waals surface area contributed by atoms with Crippen LogP contribution in [0.1, 0.15) is 36.4 Å². The maximum Gasteiger partial charge on any atom is 0.213 e. The van der Waals surface area contributed by atoms with Gasteiger partial charge in [-0.05, 0) is 6.92 Å². The molecule has 17 heavy (non-hydrogen) atoms. The minimum absolute atomic E-state index is 0.225. The van der Waals surface area contributed by atoms with Crippen LogP contribution in [0.15, 0.2) is 6.20 Å². The number of nitrogens with two attached hydrogens (primary N) is 1. The van der Waals surface area contributed by atoms with Gasteiger partial charge in [0.2, 0.25) is 5.13 Å². The van der Waals surface area contributed by atoms with Crippen LogP contribution in [-0.4, -0.2) is 19.7 Å². The molecule has 0 saturated carbocycles. The Balaban J connectivity index is 2.50. The van der Waals surface area contributed by atoms with E-state index in [9.17, 15) is 0 Å². The van der Waals surface area contributed by atoms with Crippen LogP contribution in [0.5, 0.6) is 0 Å². The van der Waals surface area contributed by atoms with E-state index < -0.39 is 0 Å². The van der Waals surface area contributed by atoms with Gasteiger partial charge in [-0.2, -0.15) is 9.94 Å². The first kappa shape index (κ1) is 11.7. The Morgan fingerprint density at radius 1 is 1.65 bits per heavy atom. The molecule has 1 unspecified atom stereocenters. The third kappa shape index (κ3) is 2.18. The highest BCUT2D eigenvalue weighted by Gasteiger charge is 2.16. The van der Waals surface area contributed by atoms with E-state index in [1.54, 1.807) is 4.68 Å². The molecule has 0 bridgehead atoms. The third-order valence-corrected chi connectivity index (χ3v) is 3.06. The van der Waals surface area contributed by atoms with Gasteiger partial charge < -0.3 is 5.73 Å². The number of nitriles is 1. The topological polar surface area (TPSA) is 93.4 Å². The molecule has 2 aromatic rings. The first-order chi connectivity index (χ1) is 8.15. The molecule has 2 N–H and O–H groups in total. The second kappa shape index (κ2) is 4.61. The summed E-state index contributed by atoms with van der Waals surface area (Å²) >= 11 is 1.27. The lowest BCUT2D eigenvalue weighted by molar-refractivity contribution is 0.687. The predicted octanol–water partition coefficient (Wildman–Crippen LogP) is 1.18. The summed E-state index contributed by atoms with van der Waals surface area (Å²) in [5, 5.41) is 13.7. The molecular formula is C10H12N6S. The molecule has 0 aliphatic carbocycles. The van der Waals surface area contributed by atoms with Crippen molar-refractivity contribution in [3.05, 3.63) is 22.7 Å². The fourth-order valence-corrected chi connectivity index (χ4v) is 2.04. The number of hydrogen-bond donors (Lipinski definition) is 1. The molecule has 0 aliphatic heterocycles.